The number of aryl methyl sites for hydroxylation is 1. The molecule has 0 unspecified atom stereocenters. The SMILES string of the molecule is COc1ccc2c(c1)c(C(=O)NN=Cc1cc(Br)ccc1O)c(C)n2C. The van der Waals surface area contributed by atoms with Crippen molar-refractivity contribution in [2.45, 2.75) is 6.92 Å². The summed E-state index contributed by atoms with van der Waals surface area (Å²) in [6.07, 6.45) is 1.40. The Balaban J connectivity index is 1.91. The molecule has 0 fully saturated rings. The van der Waals surface area contributed by atoms with Gasteiger partial charge in [0.15, 0.2) is 0 Å². The summed E-state index contributed by atoms with van der Waals surface area (Å²) in [6.45, 7) is 1.88. The van der Waals surface area contributed by atoms with E-state index in [0.717, 1.165) is 21.1 Å². The van der Waals surface area contributed by atoms with E-state index in [1.807, 2.05) is 36.7 Å². The topological polar surface area (TPSA) is 75.8 Å². The molecule has 2 N–H and O–H groups in total. The van der Waals surface area contributed by atoms with Crippen molar-refractivity contribution in [3.63, 3.8) is 0 Å². The van der Waals surface area contributed by atoms with Gasteiger partial charge in [0.25, 0.3) is 5.91 Å². The molecule has 0 bridgehead atoms. The second-order valence-electron chi connectivity index (χ2n) is 5.80. The maximum absolute atomic E-state index is 12.7. The summed E-state index contributed by atoms with van der Waals surface area (Å²) in [5.74, 6) is 0.434. The number of phenolic OH excluding ortho intramolecular Hbond substituents is 1. The molecule has 0 atom stereocenters. The van der Waals surface area contributed by atoms with Crippen LogP contribution in [0.3, 0.4) is 0 Å². The minimum absolute atomic E-state index is 0.0808. The van der Waals surface area contributed by atoms with Gasteiger partial charge in [0.2, 0.25) is 0 Å². The van der Waals surface area contributed by atoms with E-state index in [0.29, 0.717) is 16.9 Å². The zero-order valence-corrected chi connectivity index (χ0v) is 16.2. The fourth-order valence-electron chi connectivity index (χ4n) is 2.81. The fourth-order valence-corrected chi connectivity index (χ4v) is 3.19. The van der Waals surface area contributed by atoms with E-state index in [-0.39, 0.29) is 11.7 Å². The first-order chi connectivity index (χ1) is 12.4. The number of methoxy groups -OCH3 is 1. The Bertz CT molecular complexity index is 1020. The average Bonchev–Trinajstić information content (AvgIpc) is 2.88. The lowest BCUT2D eigenvalue weighted by atomic mass is 10.1. The number of rotatable bonds is 4. The molecule has 6 nitrogen and oxygen atoms in total. The molecule has 0 aliphatic carbocycles. The highest BCUT2D eigenvalue weighted by molar-refractivity contribution is 9.10. The van der Waals surface area contributed by atoms with Crippen molar-refractivity contribution < 1.29 is 14.6 Å². The van der Waals surface area contributed by atoms with Crippen LogP contribution in [0.25, 0.3) is 10.9 Å². The molecule has 7 heteroatoms. The number of carbonyl (C=O) groups excluding carboxylic acids is 1. The number of hydrazone groups is 1. The molecule has 0 saturated carbocycles. The number of hydrogen-bond acceptors (Lipinski definition) is 4. The molecule has 0 radical (unpaired) electrons. The van der Waals surface area contributed by atoms with Gasteiger partial charge in [-0.05, 0) is 43.3 Å². The Morgan fingerprint density at radius 3 is 2.81 bits per heavy atom. The Labute approximate surface area is 159 Å². The minimum Gasteiger partial charge on any atom is -0.507 e. The van der Waals surface area contributed by atoms with Crippen molar-refractivity contribution in [1.82, 2.24) is 9.99 Å². The zero-order valence-electron chi connectivity index (χ0n) is 14.6. The summed E-state index contributed by atoms with van der Waals surface area (Å²) in [5.41, 5.74) is 5.32. The van der Waals surface area contributed by atoms with Gasteiger partial charge in [-0.25, -0.2) is 5.43 Å². The average molecular weight is 416 g/mol. The number of halogens is 1. The van der Waals surface area contributed by atoms with Crippen LogP contribution in [0.1, 0.15) is 21.6 Å². The third-order valence-electron chi connectivity index (χ3n) is 4.29. The molecule has 2 aromatic carbocycles. The second kappa shape index (κ2) is 7.21. The van der Waals surface area contributed by atoms with Gasteiger partial charge in [0.1, 0.15) is 11.5 Å². The highest BCUT2D eigenvalue weighted by Gasteiger charge is 2.18. The Morgan fingerprint density at radius 1 is 1.31 bits per heavy atom. The number of aromatic hydroxyl groups is 1. The van der Waals surface area contributed by atoms with Crippen LogP contribution in [0, 0.1) is 6.92 Å². The van der Waals surface area contributed by atoms with E-state index >= 15 is 0 Å². The summed E-state index contributed by atoms with van der Waals surface area (Å²) in [4.78, 5) is 12.7. The molecule has 0 aliphatic rings. The first kappa shape index (κ1) is 18.0. The van der Waals surface area contributed by atoms with Crippen LogP contribution in [-0.4, -0.2) is 28.9 Å². The van der Waals surface area contributed by atoms with Crippen molar-refractivity contribution in [3.05, 3.63) is 57.7 Å². The Hall–Kier alpha value is -2.80. The monoisotopic (exact) mass is 415 g/mol. The fraction of sp³-hybridized carbons (Fsp3) is 0.158. The number of aromatic nitrogens is 1. The maximum Gasteiger partial charge on any atom is 0.273 e. The standard InChI is InChI=1S/C19H18BrN3O3/c1-11-18(15-9-14(26-3)5-6-16(15)23(11)2)19(25)22-21-10-12-8-13(20)4-7-17(12)24/h4-10,24H,1-3H3,(H,22,25). The van der Waals surface area contributed by atoms with E-state index < -0.39 is 0 Å². The number of ether oxygens (including phenoxy) is 1. The summed E-state index contributed by atoms with van der Waals surface area (Å²) in [7, 11) is 3.50. The maximum atomic E-state index is 12.7. The van der Waals surface area contributed by atoms with Crippen LogP contribution in [-0.2, 0) is 7.05 Å². The summed E-state index contributed by atoms with van der Waals surface area (Å²) in [5, 5.41) is 14.6. The van der Waals surface area contributed by atoms with Crippen molar-refractivity contribution in [2.24, 2.45) is 12.1 Å². The van der Waals surface area contributed by atoms with E-state index in [1.54, 1.807) is 25.3 Å². The van der Waals surface area contributed by atoms with Gasteiger partial charge in [-0.3, -0.25) is 4.79 Å². The van der Waals surface area contributed by atoms with Crippen molar-refractivity contribution in [2.75, 3.05) is 7.11 Å². The summed E-state index contributed by atoms with van der Waals surface area (Å²) in [6, 6.07) is 10.6. The molecule has 0 spiro atoms. The number of phenols is 1. The van der Waals surface area contributed by atoms with Crippen molar-refractivity contribution >= 4 is 39.0 Å². The molecular weight excluding hydrogens is 398 g/mol. The van der Waals surface area contributed by atoms with Crippen LogP contribution in [0.5, 0.6) is 11.5 Å². The summed E-state index contributed by atoms with van der Waals surface area (Å²) >= 11 is 3.33. The lowest BCUT2D eigenvalue weighted by molar-refractivity contribution is 0.0956. The molecule has 1 aromatic heterocycles. The first-order valence-corrected chi connectivity index (χ1v) is 8.66. The van der Waals surface area contributed by atoms with Gasteiger partial charge in [0.05, 0.1) is 18.9 Å². The first-order valence-electron chi connectivity index (χ1n) is 7.87. The molecule has 0 saturated heterocycles. The molecule has 134 valence electrons. The van der Waals surface area contributed by atoms with E-state index in [9.17, 15) is 9.90 Å². The van der Waals surface area contributed by atoms with Crippen LogP contribution >= 0.6 is 15.9 Å². The molecule has 1 heterocycles. The predicted molar refractivity (Wildman–Crippen MR) is 105 cm³/mol. The molecule has 0 aliphatic heterocycles. The van der Waals surface area contributed by atoms with Crippen molar-refractivity contribution in [3.8, 4) is 11.5 Å². The van der Waals surface area contributed by atoms with E-state index in [1.165, 1.54) is 6.21 Å². The lowest BCUT2D eigenvalue weighted by Gasteiger charge is -2.03. The largest absolute Gasteiger partial charge is 0.507 e. The van der Waals surface area contributed by atoms with Gasteiger partial charge in [-0.1, -0.05) is 15.9 Å². The number of amides is 1. The number of fused-ring (bicyclic) bond motifs is 1. The highest BCUT2D eigenvalue weighted by atomic mass is 79.9. The number of carbonyl (C=O) groups is 1. The van der Waals surface area contributed by atoms with Gasteiger partial charge >= 0.3 is 0 Å². The zero-order chi connectivity index (χ0) is 18.8. The predicted octanol–water partition coefficient (Wildman–Crippen LogP) is 3.73. The number of benzene rings is 2. The lowest BCUT2D eigenvalue weighted by Crippen LogP contribution is -2.18. The number of hydrogen-bond donors (Lipinski definition) is 2. The van der Waals surface area contributed by atoms with Crippen LogP contribution in [0.15, 0.2) is 46.0 Å². The van der Waals surface area contributed by atoms with Gasteiger partial charge < -0.3 is 14.4 Å². The van der Waals surface area contributed by atoms with Crippen LogP contribution in [0.2, 0.25) is 0 Å². The van der Waals surface area contributed by atoms with Crippen LogP contribution < -0.4 is 10.2 Å². The summed E-state index contributed by atoms with van der Waals surface area (Å²) < 4.78 is 8.02. The Kier molecular flexibility index (Phi) is 4.99. The minimum atomic E-state index is -0.327. The van der Waals surface area contributed by atoms with Gasteiger partial charge in [-0.15, -0.1) is 0 Å². The molecule has 26 heavy (non-hydrogen) atoms. The van der Waals surface area contributed by atoms with E-state index in [2.05, 4.69) is 26.5 Å². The van der Waals surface area contributed by atoms with Crippen LogP contribution in [0.4, 0.5) is 0 Å². The third-order valence-corrected chi connectivity index (χ3v) is 4.78. The van der Waals surface area contributed by atoms with Gasteiger partial charge in [0, 0.05) is 33.7 Å². The molecule has 1 amide bonds. The number of nitrogens with zero attached hydrogens (tertiary/aromatic N) is 2. The normalized spacial score (nSPS) is 11.2. The number of nitrogens with one attached hydrogen (secondary N) is 1. The molecule has 3 aromatic rings. The van der Waals surface area contributed by atoms with Gasteiger partial charge in [-0.2, -0.15) is 5.10 Å². The Morgan fingerprint density at radius 2 is 2.08 bits per heavy atom. The molecule has 3 rings (SSSR count). The molecular formula is C19H18BrN3O3. The smallest absolute Gasteiger partial charge is 0.273 e. The quantitative estimate of drug-likeness (QED) is 0.503. The second-order valence-corrected chi connectivity index (χ2v) is 6.72. The third kappa shape index (κ3) is 3.30. The highest BCUT2D eigenvalue weighted by Crippen LogP contribution is 2.28. The van der Waals surface area contributed by atoms with Crippen molar-refractivity contribution in [1.29, 1.82) is 0 Å². The van der Waals surface area contributed by atoms with E-state index in [4.69, 9.17) is 4.74 Å².